The Bertz CT molecular complexity index is 479. The van der Waals surface area contributed by atoms with Crippen molar-refractivity contribution in [2.45, 2.75) is 13.5 Å². The number of hydrogen-bond acceptors (Lipinski definition) is 3. The monoisotopic (exact) mass is 206 g/mol. The van der Waals surface area contributed by atoms with Gasteiger partial charge in [-0.1, -0.05) is 17.3 Å². The van der Waals surface area contributed by atoms with Gasteiger partial charge in [-0.15, -0.1) is 0 Å². The van der Waals surface area contributed by atoms with E-state index in [9.17, 15) is 4.39 Å². The van der Waals surface area contributed by atoms with Gasteiger partial charge in [-0.3, -0.25) is 0 Å². The predicted molar refractivity (Wildman–Crippen MR) is 54.5 cm³/mol. The van der Waals surface area contributed by atoms with Crippen LogP contribution in [0.3, 0.4) is 0 Å². The summed E-state index contributed by atoms with van der Waals surface area (Å²) in [5.74, 6) is 0.346. The van der Waals surface area contributed by atoms with Crippen molar-refractivity contribution in [3.63, 3.8) is 0 Å². The van der Waals surface area contributed by atoms with Gasteiger partial charge in [-0.05, 0) is 18.6 Å². The van der Waals surface area contributed by atoms with E-state index in [4.69, 9.17) is 10.3 Å². The van der Waals surface area contributed by atoms with Gasteiger partial charge in [0.1, 0.15) is 11.5 Å². The van der Waals surface area contributed by atoms with E-state index < -0.39 is 0 Å². The first-order valence-corrected chi connectivity index (χ1v) is 4.63. The van der Waals surface area contributed by atoms with Crippen LogP contribution in [-0.4, -0.2) is 5.16 Å². The van der Waals surface area contributed by atoms with Gasteiger partial charge in [0, 0.05) is 11.6 Å². The largest absolute Gasteiger partial charge is 0.359 e. The molecule has 0 saturated heterocycles. The fraction of sp³-hybridized carbons (Fsp3) is 0.182. The summed E-state index contributed by atoms with van der Waals surface area (Å²) in [6.45, 7) is 2.00. The van der Waals surface area contributed by atoms with E-state index in [-0.39, 0.29) is 5.82 Å². The summed E-state index contributed by atoms with van der Waals surface area (Å²) in [7, 11) is 0. The topological polar surface area (TPSA) is 52.0 Å². The highest BCUT2D eigenvalue weighted by Gasteiger charge is 2.10. The molecular formula is C11H11FN2O. The van der Waals surface area contributed by atoms with Crippen LogP contribution in [0.25, 0.3) is 11.3 Å². The van der Waals surface area contributed by atoms with Crippen LogP contribution in [0.15, 0.2) is 28.8 Å². The van der Waals surface area contributed by atoms with Crippen molar-refractivity contribution in [1.82, 2.24) is 5.16 Å². The van der Waals surface area contributed by atoms with Crippen LogP contribution in [-0.2, 0) is 6.54 Å². The zero-order valence-corrected chi connectivity index (χ0v) is 8.33. The molecule has 2 N–H and O–H groups in total. The smallest absolute Gasteiger partial charge is 0.150 e. The first kappa shape index (κ1) is 9.86. The predicted octanol–water partition coefficient (Wildman–Crippen LogP) is 2.25. The molecule has 0 radical (unpaired) electrons. The van der Waals surface area contributed by atoms with Gasteiger partial charge in [0.2, 0.25) is 0 Å². The fourth-order valence-corrected chi connectivity index (χ4v) is 1.42. The lowest BCUT2D eigenvalue weighted by Crippen LogP contribution is -1.92. The molecule has 1 heterocycles. The molecule has 0 saturated carbocycles. The molecule has 3 nitrogen and oxygen atoms in total. The molecule has 0 aliphatic rings. The highest BCUT2D eigenvalue weighted by Crippen LogP contribution is 2.24. The van der Waals surface area contributed by atoms with Crippen LogP contribution < -0.4 is 5.73 Å². The molecule has 2 rings (SSSR count). The zero-order chi connectivity index (χ0) is 10.8. The molecule has 78 valence electrons. The first-order chi connectivity index (χ1) is 7.22. The van der Waals surface area contributed by atoms with E-state index in [1.807, 2.05) is 0 Å². The first-order valence-electron chi connectivity index (χ1n) is 4.63. The van der Waals surface area contributed by atoms with Crippen LogP contribution in [0.4, 0.5) is 4.39 Å². The Morgan fingerprint density at radius 3 is 2.93 bits per heavy atom. The van der Waals surface area contributed by atoms with Crippen molar-refractivity contribution < 1.29 is 8.91 Å². The summed E-state index contributed by atoms with van der Waals surface area (Å²) in [5.41, 5.74) is 7.32. The van der Waals surface area contributed by atoms with Gasteiger partial charge in [0.25, 0.3) is 0 Å². The average molecular weight is 206 g/mol. The summed E-state index contributed by atoms with van der Waals surface area (Å²) in [6, 6.07) is 6.59. The quantitative estimate of drug-likeness (QED) is 0.819. The number of benzene rings is 1. The minimum Gasteiger partial charge on any atom is -0.359 e. The van der Waals surface area contributed by atoms with Crippen molar-refractivity contribution in [2.24, 2.45) is 5.73 Å². The fourth-order valence-electron chi connectivity index (χ4n) is 1.42. The van der Waals surface area contributed by atoms with E-state index >= 15 is 0 Å². The summed E-state index contributed by atoms with van der Waals surface area (Å²) < 4.78 is 18.2. The molecule has 0 fully saturated rings. The second-order valence-electron chi connectivity index (χ2n) is 3.29. The Labute approximate surface area is 86.7 Å². The Morgan fingerprint density at radius 2 is 2.27 bits per heavy atom. The molecule has 1 aromatic heterocycles. The summed E-state index contributed by atoms with van der Waals surface area (Å²) >= 11 is 0. The van der Waals surface area contributed by atoms with E-state index in [2.05, 4.69) is 5.16 Å². The SMILES string of the molecule is Cc1c(F)cccc1-c1cc(CN)on1. The Hall–Kier alpha value is -1.68. The second kappa shape index (κ2) is 3.82. The third-order valence-corrected chi connectivity index (χ3v) is 2.30. The van der Waals surface area contributed by atoms with Crippen molar-refractivity contribution in [2.75, 3.05) is 0 Å². The van der Waals surface area contributed by atoms with Gasteiger partial charge in [-0.25, -0.2) is 4.39 Å². The standard InChI is InChI=1S/C11H11FN2O/c1-7-9(3-2-4-10(7)12)11-5-8(6-13)15-14-11/h2-5H,6,13H2,1H3. The molecule has 2 aromatic rings. The molecular weight excluding hydrogens is 195 g/mol. The van der Waals surface area contributed by atoms with E-state index in [0.29, 0.717) is 23.6 Å². The number of halogens is 1. The van der Waals surface area contributed by atoms with Crippen molar-refractivity contribution >= 4 is 0 Å². The maximum atomic E-state index is 13.3. The molecule has 0 aliphatic carbocycles. The molecule has 1 aromatic carbocycles. The minimum absolute atomic E-state index is 0.246. The summed E-state index contributed by atoms with van der Waals surface area (Å²) in [6.07, 6.45) is 0. The number of aromatic nitrogens is 1. The van der Waals surface area contributed by atoms with E-state index in [1.165, 1.54) is 6.07 Å². The molecule has 0 unspecified atom stereocenters. The highest BCUT2D eigenvalue weighted by atomic mass is 19.1. The van der Waals surface area contributed by atoms with Crippen molar-refractivity contribution in [3.05, 3.63) is 41.4 Å². The van der Waals surface area contributed by atoms with Crippen LogP contribution in [0.1, 0.15) is 11.3 Å². The lowest BCUT2D eigenvalue weighted by Gasteiger charge is -2.01. The number of nitrogens with zero attached hydrogens (tertiary/aromatic N) is 1. The Kier molecular flexibility index (Phi) is 2.51. The minimum atomic E-state index is -0.246. The average Bonchev–Trinajstić information content (AvgIpc) is 2.70. The maximum absolute atomic E-state index is 13.3. The number of rotatable bonds is 2. The maximum Gasteiger partial charge on any atom is 0.150 e. The van der Waals surface area contributed by atoms with Crippen LogP contribution in [0.2, 0.25) is 0 Å². The Balaban J connectivity index is 2.49. The molecule has 0 amide bonds. The summed E-state index contributed by atoms with van der Waals surface area (Å²) in [4.78, 5) is 0. The molecule has 0 atom stereocenters. The van der Waals surface area contributed by atoms with E-state index in [0.717, 1.165) is 5.56 Å². The van der Waals surface area contributed by atoms with Crippen molar-refractivity contribution in [3.8, 4) is 11.3 Å². The Morgan fingerprint density at radius 1 is 1.47 bits per heavy atom. The van der Waals surface area contributed by atoms with Gasteiger partial charge >= 0.3 is 0 Å². The number of nitrogens with two attached hydrogens (primary N) is 1. The second-order valence-corrected chi connectivity index (χ2v) is 3.29. The molecule has 0 spiro atoms. The molecule has 15 heavy (non-hydrogen) atoms. The van der Waals surface area contributed by atoms with Crippen molar-refractivity contribution in [1.29, 1.82) is 0 Å². The summed E-state index contributed by atoms with van der Waals surface area (Å²) in [5, 5.41) is 3.84. The molecule has 0 aliphatic heterocycles. The van der Waals surface area contributed by atoms with Gasteiger partial charge in [-0.2, -0.15) is 0 Å². The van der Waals surface area contributed by atoms with Crippen LogP contribution in [0.5, 0.6) is 0 Å². The molecule has 4 heteroatoms. The normalized spacial score (nSPS) is 10.6. The van der Waals surface area contributed by atoms with Crippen LogP contribution in [0, 0.1) is 12.7 Å². The third kappa shape index (κ3) is 1.76. The lowest BCUT2D eigenvalue weighted by atomic mass is 10.1. The third-order valence-electron chi connectivity index (χ3n) is 2.30. The van der Waals surface area contributed by atoms with Crippen LogP contribution >= 0.6 is 0 Å². The van der Waals surface area contributed by atoms with Gasteiger partial charge < -0.3 is 10.3 Å². The zero-order valence-electron chi connectivity index (χ0n) is 8.33. The number of hydrogen-bond donors (Lipinski definition) is 1. The highest BCUT2D eigenvalue weighted by molar-refractivity contribution is 5.63. The van der Waals surface area contributed by atoms with E-state index in [1.54, 1.807) is 25.1 Å². The lowest BCUT2D eigenvalue weighted by molar-refractivity contribution is 0.387. The molecule has 0 bridgehead atoms. The van der Waals surface area contributed by atoms with Gasteiger partial charge in [0.15, 0.2) is 5.76 Å². The van der Waals surface area contributed by atoms with Gasteiger partial charge in [0.05, 0.1) is 6.54 Å².